The first-order chi connectivity index (χ1) is 13.5. The van der Waals surface area contributed by atoms with Gasteiger partial charge >= 0.3 is 5.97 Å². The first-order valence-electron chi connectivity index (χ1n) is 9.30. The number of hydrogen-bond donors (Lipinski definition) is 3. The molecule has 1 aromatic heterocycles. The molecule has 12 heteroatoms. The normalized spacial score (nSPS) is 26.4. The number of aliphatic hydroxyl groups excluding tert-OH is 1. The maximum Gasteiger partial charge on any atom is 0.323 e. The van der Waals surface area contributed by atoms with Gasteiger partial charge in [0, 0.05) is 17.7 Å². The van der Waals surface area contributed by atoms with E-state index in [0.717, 1.165) is 5.56 Å². The zero-order valence-corrected chi connectivity index (χ0v) is 19.6. The van der Waals surface area contributed by atoms with Crippen LogP contribution in [0.15, 0.2) is 6.20 Å². The monoisotopic (exact) mass is 465 g/mol. The second-order valence-electron chi connectivity index (χ2n) is 7.34. The molecule has 29 heavy (non-hydrogen) atoms. The van der Waals surface area contributed by atoms with Crippen LogP contribution in [0.5, 0.6) is 0 Å². The van der Waals surface area contributed by atoms with Gasteiger partial charge in [0.25, 0.3) is 8.18 Å². The summed E-state index contributed by atoms with van der Waals surface area (Å²) in [6.07, 6.45) is -0.549. The fraction of sp³-hybridized carbons (Fsp3) is 0.706. The average molecular weight is 466 g/mol. The number of hydrogen-bond acceptors (Lipinski definition) is 8. The van der Waals surface area contributed by atoms with Crippen molar-refractivity contribution in [2.24, 2.45) is 5.92 Å². The molecule has 2 unspecified atom stereocenters. The van der Waals surface area contributed by atoms with Gasteiger partial charge in [-0.05, 0) is 39.9 Å². The predicted octanol–water partition coefficient (Wildman–Crippen LogP) is 2.81. The lowest BCUT2D eigenvalue weighted by Gasteiger charge is -2.20. The third-order valence-electron chi connectivity index (χ3n) is 4.52. The molecule has 0 spiro atoms. The van der Waals surface area contributed by atoms with Crippen molar-refractivity contribution in [3.05, 3.63) is 21.2 Å². The number of ether oxygens (including phenoxy) is 2. The number of nitrogens with zero attached hydrogens (tertiary/aromatic N) is 1. The van der Waals surface area contributed by atoms with Crippen LogP contribution in [0.25, 0.3) is 0 Å². The highest BCUT2D eigenvalue weighted by Gasteiger charge is 2.42. The summed E-state index contributed by atoms with van der Waals surface area (Å²) in [5, 5.41) is 13.1. The van der Waals surface area contributed by atoms with E-state index in [1.165, 1.54) is 0 Å². The van der Waals surface area contributed by atoms with Crippen molar-refractivity contribution in [2.75, 3.05) is 6.61 Å². The summed E-state index contributed by atoms with van der Waals surface area (Å²) >= 11 is 10.5. The molecule has 1 saturated heterocycles. The number of nitrogens with one attached hydrogen (secondary N) is 2. The number of carbonyl (C=O) groups excluding carboxylic acids is 1. The highest BCUT2D eigenvalue weighted by Crippen LogP contribution is 2.36. The summed E-state index contributed by atoms with van der Waals surface area (Å²) in [7, 11) is -2.74. The summed E-state index contributed by atoms with van der Waals surface area (Å²) in [5.74, 6) is -0.798. The largest absolute Gasteiger partial charge is 0.462 e. The first kappa shape index (κ1) is 24.3. The molecule has 1 aliphatic heterocycles. The fourth-order valence-electron chi connectivity index (χ4n) is 2.89. The lowest BCUT2D eigenvalue weighted by atomic mass is 10.0. The highest BCUT2D eigenvalue weighted by molar-refractivity contribution is 7.72. The van der Waals surface area contributed by atoms with E-state index < -0.39 is 38.6 Å². The number of aromatic amines is 1. The molecule has 2 heterocycles. The Kier molecular flexibility index (Phi) is 8.72. The molecule has 6 atom stereocenters. The van der Waals surface area contributed by atoms with Crippen molar-refractivity contribution in [1.29, 1.82) is 0 Å². The van der Waals surface area contributed by atoms with Gasteiger partial charge in [0.1, 0.15) is 23.0 Å². The van der Waals surface area contributed by atoms with Gasteiger partial charge in [-0.3, -0.25) is 13.9 Å². The lowest BCUT2D eigenvalue weighted by Crippen LogP contribution is -2.33. The number of aliphatic hydroxyl groups is 1. The van der Waals surface area contributed by atoms with Crippen molar-refractivity contribution in [2.45, 2.75) is 65.2 Å². The molecule has 9 nitrogen and oxygen atoms in total. The molecule has 0 bridgehead atoms. The van der Waals surface area contributed by atoms with Crippen LogP contribution in [0, 0.1) is 22.3 Å². The van der Waals surface area contributed by atoms with Crippen LogP contribution in [-0.2, 0) is 23.4 Å². The van der Waals surface area contributed by atoms with Crippen molar-refractivity contribution in [3.8, 4) is 0 Å². The minimum atomic E-state index is -2.74. The molecule has 164 valence electrons. The van der Waals surface area contributed by atoms with Crippen LogP contribution in [0.4, 0.5) is 0 Å². The summed E-state index contributed by atoms with van der Waals surface area (Å²) in [6, 6.07) is -0.779. The van der Waals surface area contributed by atoms with E-state index in [4.69, 9.17) is 38.4 Å². The topological polar surface area (TPSA) is 115 Å². The average Bonchev–Trinajstić information content (AvgIpc) is 2.90. The maximum atomic E-state index is 12.1. The van der Waals surface area contributed by atoms with Crippen LogP contribution in [0.3, 0.4) is 0 Å². The standard InChI is InChI=1S/C17H28N3O6PS2/c1-8(2)25-16(22)11(5)19-27(23)24-7-12-13(21)10(4)15(26-12)20-6-9(3)14(28)18-17(20)29/h6,8,10-13,15,21,27H,7H2,1-5H3,(H,19,23)(H,18,28,29)/t10-,11+,12+,13?,15+/m1/s1. The Bertz CT molecular complexity index is 873. The molecule has 0 saturated carbocycles. The number of carbonyl (C=O) groups is 1. The Morgan fingerprint density at radius 2 is 2.10 bits per heavy atom. The molecule has 1 aliphatic rings. The van der Waals surface area contributed by atoms with Crippen molar-refractivity contribution >= 4 is 38.6 Å². The molecule has 0 amide bonds. The fourth-order valence-corrected chi connectivity index (χ4v) is 4.24. The molecule has 0 aliphatic carbocycles. The zero-order valence-electron chi connectivity index (χ0n) is 17.0. The quantitative estimate of drug-likeness (QED) is 0.303. The number of esters is 1. The highest BCUT2D eigenvalue weighted by atomic mass is 32.1. The second kappa shape index (κ2) is 10.4. The molecule has 1 aromatic rings. The van der Waals surface area contributed by atoms with Gasteiger partial charge in [-0.25, -0.2) is 5.09 Å². The predicted molar refractivity (Wildman–Crippen MR) is 113 cm³/mol. The van der Waals surface area contributed by atoms with Crippen molar-refractivity contribution in [1.82, 2.24) is 14.6 Å². The van der Waals surface area contributed by atoms with Crippen LogP contribution >= 0.6 is 32.6 Å². The Hall–Kier alpha value is -0.940. The van der Waals surface area contributed by atoms with E-state index in [2.05, 4.69) is 10.1 Å². The lowest BCUT2D eigenvalue weighted by molar-refractivity contribution is -0.149. The molecular formula is C17H28N3O6PS2. The van der Waals surface area contributed by atoms with E-state index in [-0.39, 0.29) is 18.6 Å². The van der Waals surface area contributed by atoms with Crippen LogP contribution in [0.1, 0.15) is 39.5 Å². The Balaban J connectivity index is 1.97. The molecule has 1 fully saturated rings. The second-order valence-corrected chi connectivity index (χ2v) is 9.29. The van der Waals surface area contributed by atoms with Gasteiger partial charge in [0.15, 0.2) is 4.77 Å². The Morgan fingerprint density at radius 1 is 1.45 bits per heavy atom. The van der Waals surface area contributed by atoms with E-state index >= 15 is 0 Å². The van der Waals surface area contributed by atoms with Gasteiger partial charge in [0.2, 0.25) is 0 Å². The van der Waals surface area contributed by atoms with Crippen LogP contribution < -0.4 is 5.09 Å². The maximum absolute atomic E-state index is 12.1. The van der Waals surface area contributed by atoms with E-state index in [9.17, 15) is 14.5 Å². The van der Waals surface area contributed by atoms with Crippen molar-refractivity contribution in [3.63, 3.8) is 0 Å². The Morgan fingerprint density at radius 3 is 2.72 bits per heavy atom. The number of rotatable bonds is 8. The number of aromatic nitrogens is 2. The molecule has 2 rings (SSSR count). The van der Waals surface area contributed by atoms with Gasteiger partial charge in [-0.2, -0.15) is 0 Å². The van der Waals surface area contributed by atoms with E-state index in [0.29, 0.717) is 9.41 Å². The van der Waals surface area contributed by atoms with Gasteiger partial charge in [-0.1, -0.05) is 19.1 Å². The summed E-state index contributed by atoms with van der Waals surface area (Å²) in [5.41, 5.74) is 0.829. The number of H-pyrrole nitrogens is 1. The minimum Gasteiger partial charge on any atom is -0.462 e. The van der Waals surface area contributed by atoms with Crippen molar-refractivity contribution < 1.29 is 28.5 Å². The summed E-state index contributed by atoms with van der Waals surface area (Å²) < 4.78 is 31.1. The SMILES string of the molecule is Cc1cn([C@H]2O[C@@H](CO[PH](=O)N[C@@H](C)C(=O)OC(C)C)C(O)[C@H]2C)c(=S)[nH]c1=S. The third-order valence-corrected chi connectivity index (χ3v) is 6.36. The van der Waals surface area contributed by atoms with E-state index in [1.807, 2.05) is 13.8 Å². The molecular weight excluding hydrogens is 437 g/mol. The van der Waals surface area contributed by atoms with Crippen LogP contribution in [-0.4, -0.2) is 51.6 Å². The first-order valence-corrected chi connectivity index (χ1v) is 11.4. The Labute approximate surface area is 180 Å². The molecule has 0 aromatic carbocycles. The number of aryl methyl sites for hydroxylation is 1. The minimum absolute atomic E-state index is 0.103. The molecule has 3 N–H and O–H groups in total. The van der Waals surface area contributed by atoms with Gasteiger partial charge in [-0.15, -0.1) is 0 Å². The van der Waals surface area contributed by atoms with Gasteiger partial charge in [0.05, 0.1) is 18.8 Å². The zero-order chi connectivity index (χ0) is 21.9. The summed E-state index contributed by atoms with van der Waals surface area (Å²) in [6.45, 7) is 8.58. The summed E-state index contributed by atoms with van der Waals surface area (Å²) in [4.78, 5) is 14.7. The van der Waals surface area contributed by atoms with Crippen LogP contribution in [0.2, 0.25) is 0 Å². The van der Waals surface area contributed by atoms with E-state index in [1.54, 1.807) is 31.5 Å². The molecule has 0 radical (unpaired) electrons. The van der Waals surface area contributed by atoms with Gasteiger partial charge < -0.3 is 24.1 Å². The third kappa shape index (κ3) is 6.27. The smallest absolute Gasteiger partial charge is 0.323 e.